The third-order valence-corrected chi connectivity index (χ3v) is 6.99. The molecule has 1 saturated heterocycles. The first-order valence-corrected chi connectivity index (χ1v) is 12.2. The molecule has 2 aliphatic carbocycles. The summed E-state index contributed by atoms with van der Waals surface area (Å²) in [7, 11) is -1.67. The fourth-order valence-corrected chi connectivity index (χ4v) is 5.88. The van der Waals surface area contributed by atoms with Gasteiger partial charge >= 0.3 is 5.97 Å². The van der Waals surface area contributed by atoms with Gasteiger partial charge in [-0.2, -0.15) is 0 Å². The Balaban J connectivity index is 2.00. The minimum atomic E-state index is -1.67. The molecule has 22 heavy (non-hydrogen) atoms. The van der Waals surface area contributed by atoms with Crippen LogP contribution >= 0.6 is 0 Å². The van der Waals surface area contributed by atoms with Crippen molar-refractivity contribution in [2.45, 2.75) is 65.8 Å². The van der Waals surface area contributed by atoms with Crippen molar-refractivity contribution < 1.29 is 14.0 Å². The highest BCUT2D eigenvalue weighted by Crippen LogP contribution is 2.59. The Morgan fingerprint density at radius 3 is 2.59 bits per heavy atom. The molecule has 0 aromatic rings. The molecule has 2 fully saturated rings. The average molecular weight is 323 g/mol. The van der Waals surface area contributed by atoms with Crippen LogP contribution < -0.4 is 0 Å². The Morgan fingerprint density at radius 1 is 1.27 bits per heavy atom. The maximum absolute atomic E-state index is 12.2. The van der Waals surface area contributed by atoms with E-state index in [1.165, 1.54) is 6.42 Å². The van der Waals surface area contributed by atoms with E-state index < -0.39 is 8.32 Å². The predicted molar refractivity (Wildman–Crippen MR) is 89.7 cm³/mol. The van der Waals surface area contributed by atoms with Crippen molar-refractivity contribution in [3.63, 3.8) is 0 Å². The minimum absolute atomic E-state index is 0.00458. The van der Waals surface area contributed by atoms with Gasteiger partial charge in [-0.25, -0.2) is 0 Å². The van der Waals surface area contributed by atoms with Crippen LogP contribution in [-0.4, -0.2) is 20.4 Å². The zero-order valence-corrected chi connectivity index (χ0v) is 15.8. The third kappa shape index (κ3) is 2.34. The van der Waals surface area contributed by atoms with Gasteiger partial charge in [-0.3, -0.25) is 4.79 Å². The van der Waals surface area contributed by atoms with Crippen molar-refractivity contribution in [1.82, 2.24) is 0 Å². The lowest BCUT2D eigenvalue weighted by atomic mass is 9.68. The van der Waals surface area contributed by atoms with E-state index in [9.17, 15) is 4.79 Å². The van der Waals surface area contributed by atoms with E-state index in [0.717, 1.165) is 18.6 Å². The molecule has 3 aliphatic rings. The number of rotatable bonds is 2. The van der Waals surface area contributed by atoms with Crippen molar-refractivity contribution in [3.05, 3.63) is 11.8 Å². The van der Waals surface area contributed by atoms with Crippen LogP contribution in [0.5, 0.6) is 0 Å². The lowest BCUT2D eigenvalue weighted by Crippen LogP contribution is -2.44. The van der Waals surface area contributed by atoms with Gasteiger partial charge in [0.05, 0.1) is 17.1 Å². The SMILES string of the molecule is C[C@H]1CC[C@@H]2[C@@H](OC(=O)[C@@H]2C)[C@]2(C)C(O[Si](C)(C)C)=CC[C@H]12. The molecule has 0 amide bonds. The van der Waals surface area contributed by atoms with Crippen molar-refractivity contribution >= 4 is 14.3 Å². The lowest BCUT2D eigenvalue weighted by Gasteiger charge is -2.42. The smallest absolute Gasteiger partial charge is 0.309 e. The van der Waals surface area contributed by atoms with E-state index >= 15 is 0 Å². The Kier molecular flexibility index (Phi) is 3.74. The molecule has 0 spiro atoms. The first kappa shape index (κ1) is 16.1. The number of carbonyl (C=O) groups is 1. The second-order valence-electron chi connectivity index (χ2n) is 8.77. The molecule has 3 rings (SSSR count). The standard InChI is InChI=1S/C18H30O3Si/c1-11-7-8-13-12(2)17(19)20-16(13)18(3)14(11)9-10-15(18)21-22(4,5)6/h10-14,16H,7-9H2,1-6H3/t11-,12+,13-,14+,16+,18-/m0/s1. The molecule has 4 heteroatoms. The Morgan fingerprint density at radius 2 is 1.95 bits per heavy atom. The van der Waals surface area contributed by atoms with Gasteiger partial charge < -0.3 is 9.16 Å². The van der Waals surface area contributed by atoms with Crippen molar-refractivity contribution in [2.24, 2.45) is 29.1 Å². The highest BCUT2D eigenvalue weighted by atomic mass is 28.4. The van der Waals surface area contributed by atoms with Crippen LogP contribution in [0.15, 0.2) is 11.8 Å². The van der Waals surface area contributed by atoms with Gasteiger partial charge in [0.25, 0.3) is 0 Å². The van der Waals surface area contributed by atoms with Gasteiger partial charge in [-0.1, -0.05) is 13.8 Å². The van der Waals surface area contributed by atoms with Gasteiger partial charge in [0.2, 0.25) is 8.32 Å². The number of esters is 1. The molecule has 0 aromatic heterocycles. The number of ether oxygens (including phenoxy) is 1. The van der Waals surface area contributed by atoms with Crippen molar-refractivity contribution in [3.8, 4) is 0 Å². The van der Waals surface area contributed by atoms with Crippen LogP contribution in [0.4, 0.5) is 0 Å². The van der Waals surface area contributed by atoms with E-state index in [-0.39, 0.29) is 23.4 Å². The van der Waals surface area contributed by atoms with Gasteiger partial charge in [0, 0.05) is 5.92 Å². The van der Waals surface area contributed by atoms with E-state index in [1.54, 1.807) is 0 Å². The normalized spacial score (nSPS) is 44.7. The van der Waals surface area contributed by atoms with Gasteiger partial charge in [0.1, 0.15) is 6.10 Å². The van der Waals surface area contributed by atoms with Crippen LogP contribution in [0.1, 0.15) is 40.0 Å². The molecular formula is C18H30O3Si. The molecule has 3 nitrogen and oxygen atoms in total. The summed E-state index contributed by atoms with van der Waals surface area (Å²) >= 11 is 0. The minimum Gasteiger partial charge on any atom is -0.547 e. The number of hydrogen-bond donors (Lipinski definition) is 0. The van der Waals surface area contributed by atoms with Gasteiger partial charge in [-0.05, 0) is 63.7 Å². The number of allylic oxidation sites excluding steroid dienone is 1. The van der Waals surface area contributed by atoms with Crippen LogP contribution in [0.25, 0.3) is 0 Å². The van der Waals surface area contributed by atoms with E-state index in [2.05, 4.69) is 39.6 Å². The van der Waals surface area contributed by atoms with Crippen LogP contribution in [0.2, 0.25) is 19.6 Å². The third-order valence-electron chi connectivity index (χ3n) is 6.15. The molecule has 1 aliphatic heterocycles. The fourth-order valence-electron chi connectivity index (χ4n) is 4.92. The van der Waals surface area contributed by atoms with Gasteiger partial charge in [0.15, 0.2) is 0 Å². The highest BCUT2D eigenvalue weighted by molar-refractivity contribution is 6.70. The maximum atomic E-state index is 12.2. The summed E-state index contributed by atoms with van der Waals surface area (Å²) in [5.74, 6) is 2.66. The first-order valence-electron chi connectivity index (χ1n) is 8.74. The molecule has 0 bridgehead atoms. The Hall–Kier alpha value is -0.773. The summed E-state index contributed by atoms with van der Waals surface area (Å²) in [5.41, 5.74) is -0.138. The topological polar surface area (TPSA) is 35.5 Å². The zero-order chi connectivity index (χ0) is 16.3. The summed E-state index contributed by atoms with van der Waals surface area (Å²) in [6.45, 7) is 13.4. The predicted octanol–water partition coefficient (Wildman–Crippen LogP) is 4.36. The maximum Gasteiger partial charge on any atom is 0.309 e. The molecule has 0 radical (unpaired) electrons. The molecule has 0 N–H and O–H groups in total. The molecule has 1 heterocycles. The number of carbonyl (C=O) groups excluding carboxylic acids is 1. The van der Waals surface area contributed by atoms with E-state index in [4.69, 9.17) is 9.16 Å². The first-order chi connectivity index (χ1) is 10.1. The molecule has 0 unspecified atom stereocenters. The zero-order valence-electron chi connectivity index (χ0n) is 14.8. The largest absolute Gasteiger partial charge is 0.547 e. The average Bonchev–Trinajstić information content (AvgIpc) is 2.83. The Bertz CT molecular complexity index is 507. The Labute approximate surface area is 135 Å². The molecule has 124 valence electrons. The summed E-state index contributed by atoms with van der Waals surface area (Å²) < 4.78 is 12.4. The van der Waals surface area contributed by atoms with Crippen LogP contribution in [-0.2, 0) is 14.0 Å². The highest BCUT2D eigenvalue weighted by Gasteiger charge is 2.60. The number of fused-ring (bicyclic) bond motifs is 3. The summed E-state index contributed by atoms with van der Waals surface area (Å²) in [6, 6.07) is 0. The molecule has 0 aromatic carbocycles. The number of hydrogen-bond acceptors (Lipinski definition) is 3. The second-order valence-corrected chi connectivity index (χ2v) is 13.2. The summed E-state index contributed by atoms with van der Waals surface area (Å²) in [6.07, 6.45) is 5.64. The lowest BCUT2D eigenvalue weighted by molar-refractivity contribution is -0.149. The molecular weight excluding hydrogens is 292 g/mol. The van der Waals surface area contributed by atoms with Crippen LogP contribution in [0.3, 0.4) is 0 Å². The monoisotopic (exact) mass is 322 g/mol. The van der Waals surface area contributed by atoms with Crippen LogP contribution in [0, 0.1) is 29.1 Å². The van der Waals surface area contributed by atoms with E-state index in [0.29, 0.717) is 17.8 Å². The van der Waals surface area contributed by atoms with Gasteiger partial charge in [-0.15, -0.1) is 0 Å². The summed E-state index contributed by atoms with van der Waals surface area (Å²) in [4.78, 5) is 12.2. The fraction of sp³-hybridized carbons (Fsp3) is 0.833. The summed E-state index contributed by atoms with van der Waals surface area (Å²) in [5, 5.41) is 0. The molecule has 6 atom stereocenters. The van der Waals surface area contributed by atoms with E-state index in [1.807, 2.05) is 6.92 Å². The van der Waals surface area contributed by atoms with Crippen molar-refractivity contribution in [1.29, 1.82) is 0 Å². The second kappa shape index (κ2) is 5.12. The van der Waals surface area contributed by atoms with Crippen molar-refractivity contribution in [2.75, 3.05) is 0 Å². The quantitative estimate of drug-likeness (QED) is 0.560. The molecule has 1 saturated carbocycles.